The van der Waals surface area contributed by atoms with Gasteiger partial charge in [-0.15, -0.1) is 0 Å². The Balaban J connectivity index is 2.08. The Bertz CT molecular complexity index is 617. The van der Waals surface area contributed by atoms with Crippen molar-refractivity contribution in [3.05, 3.63) is 47.4 Å². The van der Waals surface area contributed by atoms with Crippen molar-refractivity contribution >= 4 is 11.7 Å². The van der Waals surface area contributed by atoms with Gasteiger partial charge in [-0.2, -0.15) is 0 Å². The van der Waals surface area contributed by atoms with Crippen molar-refractivity contribution in [2.45, 2.75) is 13.5 Å². The van der Waals surface area contributed by atoms with Gasteiger partial charge in [0, 0.05) is 12.4 Å². The summed E-state index contributed by atoms with van der Waals surface area (Å²) in [4.78, 5) is 23.4. The summed E-state index contributed by atoms with van der Waals surface area (Å²) < 4.78 is 13.6. The smallest absolute Gasteiger partial charge is 0.254 e. The van der Waals surface area contributed by atoms with Crippen molar-refractivity contribution in [1.29, 1.82) is 0 Å². The van der Waals surface area contributed by atoms with Crippen molar-refractivity contribution in [1.82, 2.24) is 20.3 Å². The summed E-state index contributed by atoms with van der Waals surface area (Å²) in [6.45, 7) is 1.93. The Kier molecular flexibility index (Phi) is 3.65. The largest absolute Gasteiger partial charge is 0.381 e. The highest BCUT2D eigenvalue weighted by Crippen LogP contribution is 2.11. The van der Waals surface area contributed by atoms with Gasteiger partial charge in [-0.05, 0) is 19.1 Å². The van der Waals surface area contributed by atoms with E-state index in [4.69, 9.17) is 5.73 Å². The second kappa shape index (κ2) is 5.38. The molecular weight excluding hydrogens is 249 g/mol. The molecule has 0 saturated heterocycles. The first kappa shape index (κ1) is 12.9. The molecule has 98 valence electrons. The minimum Gasteiger partial charge on any atom is -0.381 e. The number of halogens is 1. The van der Waals surface area contributed by atoms with E-state index in [-0.39, 0.29) is 17.9 Å². The van der Waals surface area contributed by atoms with Crippen LogP contribution in [0.4, 0.5) is 10.2 Å². The molecule has 2 heterocycles. The van der Waals surface area contributed by atoms with Gasteiger partial charge in [-0.25, -0.2) is 19.3 Å². The number of aromatic nitrogens is 3. The highest BCUT2D eigenvalue weighted by molar-refractivity contribution is 5.94. The monoisotopic (exact) mass is 261 g/mol. The van der Waals surface area contributed by atoms with Crippen LogP contribution in [0.2, 0.25) is 0 Å². The molecule has 7 heteroatoms. The third-order valence-corrected chi connectivity index (χ3v) is 2.42. The van der Waals surface area contributed by atoms with Gasteiger partial charge in [0.15, 0.2) is 11.6 Å². The number of hydrogen-bond donors (Lipinski definition) is 2. The third-order valence-electron chi connectivity index (χ3n) is 2.42. The quantitative estimate of drug-likeness (QED) is 0.853. The molecule has 0 aliphatic carbocycles. The average Bonchev–Trinajstić information content (AvgIpc) is 2.39. The second-order valence-corrected chi connectivity index (χ2v) is 3.84. The van der Waals surface area contributed by atoms with Crippen LogP contribution in [-0.2, 0) is 6.54 Å². The highest BCUT2D eigenvalue weighted by atomic mass is 19.1. The fraction of sp³-hybridized carbons (Fsp3) is 0.167. The molecule has 0 fully saturated rings. The van der Waals surface area contributed by atoms with Gasteiger partial charge in [-0.1, -0.05) is 0 Å². The molecule has 2 rings (SSSR count). The van der Waals surface area contributed by atoms with Crippen LogP contribution in [0.3, 0.4) is 0 Å². The molecule has 2 aromatic rings. The molecule has 0 spiro atoms. The van der Waals surface area contributed by atoms with Gasteiger partial charge in [0.25, 0.3) is 5.91 Å². The van der Waals surface area contributed by atoms with Crippen molar-refractivity contribution in [3.63, 3.8) is 0 Å². The minimum absolute atomic E-state index is 0.140. The highest BCUT2D eigenvalue weighted by Gasteiger charge is 2.14. The number of rotatable bonds is 3. The van der Waals surface area contributed by atoms with Gasteiger partial charge in [0.05, 0.1) is 17.8 Å². The first-order valence-corrected chi connectivity index (χ1v) is 5.54. The molecule has 2 aromatic heterocycles. The number of hydrogen-bond acceptors (Lipinski definition) is 5. The Morgan fingerprint density at radius 2 is 2.11 bits per heavy atom. The summed E-state index contributed by atoms with van der Waals surface area (Å²) >= 11 is 0. The average molecular weight is 261 g/mol. The second-order valence-electron chi connectivity index (χ2n) is 3.84. The van der Waals surface area contributed by atoms with Crippen LogP contribution < -0.4 is 11.1 Å². The summed E-state index contributed by atoms with van der Waals surface area (Å²) in [5, 5.41) is 2.56. The lowest BCUT2D eigenvalue weighted by atomic mass is 10.2. The molecule has 0 bridgehead atoms. The van der Waals surface area contributed by atoms with Gasteiger partial charge in [0.2, 0.25) is 0 Å². The van der Waals surface area contributed by atoms with Crippen LogP contribution in [0, 0.1) is 12.7 Å². The van der Waals surface area contributed by atoms with E-state index in [1.807, 2.05) is 0 Å². The summed E-state index contributed by atoms with van der Waals surface area (Å²) in [7, 11) is 0. The Morgan fingerprint density at radius 3 is 2.84 bits per heavy atom. The van der Waals surface area contributed by atoms with Gasteiger partial charge >= 0.3 is 0 Å². The number of pyridine rings is 1. The van der Waals surface area contributed by atoms with E-state index in [1.165, 1.54) is 12.3 Å². The molecule has 19 heavy (non-hydrogen) atoms. The van der Waals surface area contributed by atoms with E-state index in [0.717, 1.165) is 0 Å². The van der Waals surface area contributed by atoms with Gasteiger partial charge < -0.3 is 11.1 Å². The van der Waals surface area contributed by atoms with Gasteiger partial charge in [-0.3, -0.25) is 4.79 Å². The molecule has 0 atom stereocenters. The predicted octanol–water partition coefficient (Wildman–Crippen LogP) is 0.831. The number of carbonyl (C=O) groups excluding carboxylic acids is 1. The van der Waals surface area contributed by atoms with Crippen LogP contribution in [0.1, 0.15) is 21.9 Å². The molecule has 3 N–H and O–H groups in total. The number of aryl methyl sites for hydroxylation is 1. The number of nitrogen functional groups attached to an aromatic ring is 1. The van der Waals surface area contributed by atoms with Crippen LogP contribution in [0.15, 0.2) is 24.5 Å². The third kappa shape index (κ3) is 3.01. The first-order chi connectivity index (χ1) is 9.08. The molecule has 0 aliphatic heterocycles. The van der Waals surface area contributed by atoms with Crippen molar-refractivity contribution < 1.29 is 9.18 Å². The molecule has 1 amide bonds. The van der Waals surface area contributed by atoms with E-state index >= 15 is 0 Å². The number of anilines is 1. The zero-order valence-electron chi connectivity index (χ0n) is 10.2. The Hall–Kier alpha value is -2.57. The lowest BCUT2D eigenvalue weighted by Gasteiger charge is -2.06. The lowest BCUT2D eigenvalue weighted by molar-refractivity contribution is 0.0946. The normalized spacial score (nSPS) is 10.2. The van der Waals surface area contributed by atoms with Crippen molar-refractivity contribution in [2.24, 2.45) is 0 Å². The van der Waals surface area contributed by atoms with E-state index < -0.39 is 11.7 Å². The number of amides is 1. The summed E-state index contributed by atoms with van der Waals surface area (Å²) in [5.74, 6) is -1.08. The van der Waals surface area contributed by atoms with Gasteiger partial charge in [0.1, 0.15) is 5.82 Å². The minimum atomic E-state index is -0.820. The SMILES string of the molecule is Cc1nccc(CNC(=O)c2ccnc(N)c2F)n1. The number of carbonyl (C=O) groups is 1. The molecule has 0 radical (unpaired) electrons. The van der Waals surface area contributed by atoms with E-state index in [9.17, 15) is 9.18 Å². The zero-order chi connectivity index (χ0) is 13.8. The van der Waals surface area contributed by atoms with Crippen LogP contribution in [0.5, 0.6) is 0 Å². The van der Waals surface area contributed by atoms with Crippen LogP contribution in [0.25, 0.3) is 0 Å². The molecule has 0 aromatic carbocycles. The van der Waals surface area contributed by atoms with E-state index in [0.29, 0.717) is 11.5 Å². The maximum atomic E-state index is 13.6. The Labute approximate surface area is 108 Å². The maximum absolute atomic E-state index is 13.6. The number of nitrogens with one attached hydrogen (secondary N) is 1. The lowest BCUT2D eigenvalue weighted by Crippen LogP contribution is -2.25. The summed E-state index contributed by atoms with van der Waals surface area (Å²) in [6.07, 6.45) is 2.87. The van der Waals surface area contributed by atoms with Crippen LogP contribution in [-0.4, -0.2) is 20.9 Å². The predicted molar refractivity (Wildman–Crippen MR) is 66.5 cm³/mol. The molecule has 0 unspecified atom stereocenters. The number of nitrogens with two attached hydrogens (primary N) is 1. The fourth-order valence-corrected chi connectivity index (χ4v) is 1.50. The zero-order valence-corrected chi connectivity index (χ0v) is 10.2. The van der Waals surface area contributed by atoms with Crippen molar-refractivity contribution in [2.75, 3.05) is 5.73 Å². The fourth-order valence-electron chi connectivity index (χ4n) is 1.50. The molecule has 0 aliphatic rings. The topological polar surface area (TPSA) is 93.8 Å². The molecular formula is C12H12FN5O. The first-order valence-electron chi connectivity index (χ1n) is 5.54. The van der Waals surface area contributed by atoms with Crippen LogP contribution >= 0.6 is 0 Å². The number of nitrogens with zero attached hydrogens (tertiary/aromatic N) is 3. The summed E-state index contributed by atoms with van der Waals surface area (Å²) in [5.41, 5.74) is 5.80. The molecule has 6 nitrogen and oxygen atoms in total. The Morgan fingerprint density at radius 1 is 1.37 bits per heavy atom. The van der Waals surface area contributed by atoms with Crippen molar-refractivity contribution in [3.8, 4) is 0 Å². The van der Waals surface area contributed by atoms with E-state index in [1.54, 1.807) is 19.2 Å². The maximum Gasteiger partial charge on any atom is 0.254 e. The standard InChI is InChI=1S/C12H12FN5O/c1-7-15-4-2-8(18-7)6-17-12(19)9-3-5-16-11(14)10(9)13/h2-5H,6H2,1H3,(H2,14,16)(H,17,19). The molecule has 0 saturated carbocycles. The summed E-state index contributed by atoms with van der Waals surface area (Å²) in [6, 6.07) is 2.94. The van der Waals surface area contributed by atoms with E-state index in [2.05, 4.69) is 20.3 Å².